The predicted octanol–water partition coefficient (Wildman–Crippen LogP) is 4.24. The summed E-state index contributed by atoms with van der Waals surface area (Å²) in [6, 6.07) is 17.9. The second-order valence-corrected chi connectivity index (χ2v) is 6.25. The quantitative estimate of drug-likeness (QED) is 0.870. The number of fused-ring (bicyclic) bond motifs is 1. The average Bonchev–Trinajstić information content (AvgIpc) is 2.96. The minimum absolute atomic E-state index is 0.192. The smallest absolute Gasteiger partial charge is 0.0148 e. The molecular weight excluding hydrogens is 254 g/mol. The molecule has 0 amide bonds. The van der Waals surface area contributed by atoms with Crippen LogP contribution < -0.4 is 5.73 Å². The second-order valence-electron chi connectivity index (χ2n) is 6.25. The Morgan fingerprint density at radius 2 is 1.76 bits per heavy atom. The van der Waals surface area contributed by atoms with Gasteiger partial charge in [-0.2, -0.15) is 0 Å². The second kappa shape index (κ2) is 6.44. The van der Waals surface area contributed by atoms with E-state index in [1.807, 2.05) is 0 Å². The molecule has 1 aliphatic carbocycles. The molecule has 0 spiro atoms. The van der Waals surface area contributed by atoms with Gasteiger partial charge in [-0.25, -0.2) is 0 Å². The van der Waals surface area contributed by atoms with Gasteiger partial charge in [-0.05, 0) is 60.3 Å². The highest BCUT2D eigenvalue weighted by Crippen LogP contribution is 2.27. The van der Waals surface area contributed by atoms with Crippen molar-refractivity contribution in [2.75, 3.05) is 0 Å². The molecule has 2 unspecified atom stereocenters. The molecule has 3 rings (SSSR count). The van der Waals surface area contributed by atoms with Gasteiger partial charge in [0.2, 0.25) is 0 Å². The number of nitrogens with two attached hydrogens (primary N) is 1. The monoisotopic (exact) mass is 279 g/mol. The van der Waals surface area contributed by atoms with Gasteiger partial charge < -0.3 is 5.73 Å². The Morgan fingerprint density at radius 3 is 2.52 bits per heavy atom. The summed E-state index contributed by atoms with van der Waals surface area (Å²) in [6.07, 6.45) is 5.88. The molecule has 2 N–H and O–H groups in total. The van der Waals surface area contributed by atoms with Crippen LogP contribution in [0.5, 0.6) is 0 Å². The molecule has 2 aromatic carbocycles. The number of hydrogen-bond donors (Lipinski definition) is 1. The molecule has 0 saturated carbocycles. The zero-order valence-corrected chi connectivity index (χ0v) is 12.9. The van der Waals surface area contributed by atoms with Crippen LogP contribution >= 0.6 is 0 Å². The first kappa shape index (κ1) is 14.3. The molecular formula is C20H25N. The van der Waals surface area contributed by atoms with E-state index in [0.717, 1.165) is 12.8 Å². The van der Waals surface area contributed by atoms with Crippen molar-refractivity contribution in [3.05, 3.63) is 70.8 Å². The summed E-state index contributed by atoms with van der Waals surface area (Å²) in [5, 5.41) is 0. The van der Waals surface area contributed by atoms with Crippen molar-refractivity contribution in [3.8, 4) is 0 Å². The van der Waals surface area contributed by atoms with E-state index in [0.29, 0.717) is 5.92 Å². The molecule has 0 aliphatic heterocycles. The first-order valence-corrected chi connectivity index (χ1v) is 8.19. The van der Waals surface area contributed by atoms with Crippen molar-refractivity contribution in [3.63, 3.8) is 0 Å². The van der Waals surface area contributed by atoms with E-state index in [1.54, 1.807) is 11.1 Å². The van der Waals surface area contributed by atoms with Crippen LogP contribution in [0.1, 0.15) is 47.9 Å². The maximum Gasteiger partial charge on any atom is 0.0148 e. The van der Waals surface area contributed by atoms with Gasteiger partial charge >= 0.3 is 0 Å². The Hall–Kier alpha value is -1.60. The van der Waals surface area contributed by atoms with Crippen molar-refractivity contribution in [1.29, 1.82) is 0 Å². The maximum atomic E-state index is 6.54. The van der Waals surface area contributed by atoms with E-state index in [-0.39, 0.29) is 6.04 Å². The molecule has 0 radical (unpaired) electrons. The third-order valence-corrected chi connectivity index (χ3v) is 4.82. The van der Waals surface area contributed by atoms with E-state index >= 15 is 0 Å². The van der Waals surface area contributed by atoms with Gasteiger partial charge in [-0.15, -0.1) is 0 Å². The average molecular weight is 279 g/mol. The summed E-state index contributed by atoms with van der Waals surface area (Å²) in [5.74, 6) is 0.444. The molecule has 0 heterocycles. The minimum Gasteiger partial charge on any atom is -0.327 e. The van der Waals surface area contributed by atoms with Crippen LogP contribution in [-0.2, 0) is 19.3 Å². The van der Waals surface area contributed by atoms with Gasteiger partial charge in [-0.1, -0.05) is 55.5 Å². The highest BCUT2D eigenvalue weighted by atomic mass is 14.6. The Bertz CT molecular complexity index is 588. The molecule has 1 aliphatic rings. The van der Waals surface area contributed by atoms with Gasteiger partial charge in [-0.3, -0.25) is 0 Å². The van der Waals surface area contributed by atoms with Gasteiger partial charge in [0.1, 0.15) is 0 Å². The van der Waals surface area contributed by atoms with Crippen LogP contribution in [0.4, 0.5) is 0 Å². The molecule has 0 bridgehead atoms. The summed E-state index contributed by atoms with van der Waals surface area (Å²) in [7, 11) is 0. The molecule has 0 fully saturated rings. The molecule has 0 saturated heterocycles. The third-order valence-electron chi connectivity index (χ3n) is 4.82. The van der Waals surface area contributed by atoms with Crippen molar-refractivity contribution >= 4 is 0 Å². The van der Waals surface area contributed by atoms with Gasteiger partial charge in [0.15, 0.2) is 0 Å². The fraction of sp³-hybridized carbons (Fsp3) is 0.400. The largest absolute Gasteiger partial charge is 0.327 e. The van der Waals surface area contributed by atoms with Crippen LogP contribution in [-0.4, -0.2) is 6.04 Å². The van der Waals surface area contributed by atoms with E-state index in [9.17, 15) is 0 Å². The van der Waals surface area contributed by atoms with E-state index in [2.05, 4.69) is 55.5 Å². The topological polar surface area (TPSA) is 26.0 Å². The predicted molar refractivity (Wildman–Crippen MR) is 89.6 cm³/mol. The lowest BCUT2D eigenvalue weighted by molar-refractivity contribution is 0.515. The molecule has 2 aromatic rings. The van der Waals surface area contributed by atoms with E-state index < -0.39 is 0 Å². The lowest BCUT2D eigenvalue weighted by Gasteiger charge is -2.23. The van der Waals surface area contributed by atoms with E-state index in [4.69, 9.17) is 5.73 Å². The number of rotatable bonds is 5. The van der Waals surface area contributed by atoms with Gasteiger partial charge in [0, 0.05) is 6.04 Å². The Kier molecular flexibility index (Phi) is 4.40. The number of benzene rings is 2. The van der Waals surface area contributed by atoms with Crippen molar-refractivity contribution in [2.24, 2.45) is 5.73 Å². The van der Waals surface area contributed by atoms with Crippen LogP contribution in [0.2, 0.25) is 0 Å². The summed E-state index contributed by atoms with van der Waals surface area (Å²) < 4.78 is 0. The zero-order valence-electron chi connectivity index (χ0n) is 12.9. The van der Waals surface area contributed by atoms with Crippen LogP contribution in [0.3, 0.4) is 0 Å². The standard InChI is InChI=1S/C20H25N/c1-2-19(17-7-4-3-5-8-17)20(21)14-15-11-12-16-9-6-10-18(16)13-15/h3-5,7-8,11-13,19-20H,2,6,9-10,14,21H2,1H3. The summed E-state index contributed by atoms with van der Waals surface area (Å²) >= 11 is 0. The Morgan fingerprint density at radius 1 is 1.00 bits per heavy atom. The molecule has 2 atom stereocenters. The zero-order chi connectivity index (χ0) is 14.7. The van der Waals surface area contributed by atoms with E-state index in [1.165, 1.54) is 30.4 Å². The summed E-state index contributed by atoms with van der Waals surface area (Å²) in [5.41, 5.74) is 12.4. The number of hydrogen-bond acceptors (Lipinski definition) is 1. The van der Waals surface area contributed by atoms with Gasteiger partial charge in [0.05, 0.1) is 0 Å². The lowest BCUT2D eigenvalue weighted by atomic mass is 9.86. The fourth-order valence-corrected chi connectivity index (χ4v) is 3.65. The van der Waals surface area contributed by atoms with Gasteiger partial charge in [0.25, 0.3) is 0 Å². The molecule has 0 aromatic heterocycles. The Balaban J connectivity index is 1.74. The SMILES string of the molecule is CCC(c1ccccc1)C(N)Cc1ccc2c(c1)CCC2. The highest BCUT2D eigenvalue weighted by Gasteiger charge is 2.19. The molecule has 21 heavy (non-hydrogen) atoms. The molecule has 1 heteroatoms. The lowest BCUT2D eigenvalue weighted by Crippen LogP contribution is -2.30. The molecule has 1 nitrogen and oxygen atoms in total. The summed E-state index contributed by atoms with van der Waals surface area (Å²) in [4.78, 5) is 0. The molecule has 110 valence electrons. The summed E-state index contributed by atoms with van der Waals surface area (Å²) in [6.45, 7) is 2.24. The highest BCUT2D eigenvalue weighted by molar-refractivity contribution is 5.36. The van der Waals surface area contributed by atoms with Crippen LogP contribution in [0, 0.1) is 0 Å². The van der Waals surface area contributed by atoms with Crippen molar-refractivity contribution in [2.45, 2.75) is 51.0 Å². The van der Waals surface area contributed by atoms with Crippen molar-refractivity contribution < 1.29 is 0 Å². The number of aryl methyl sites for hydroxylation is 2. The first-order chi connectivity index (χ1) is 10.3. The van der Waals surface area contributed by atoms with Crippen molar-refractivity contribution in [1.82, 2.24) is 0 Å². The van der Waals surface area contributed by atoms with Crippen LogP contribution in [0.15, 0.2) is 48.5 Å². The van der Waals surface area contributed by atoms with Crippen LogP contribution in [0.25, 0.3) is 0 Å². The minimum atomic E-state index is 0.192. The Labute approximate surface area is 128 Å². The fourth-order valence-electron chi connectivity index (χ4n) is 3.65. The first-order valence-electron chi connectivity index (χ1n) is 8.19. The third kappa shape index (κ3) is 3.19. The maximum absolute atomic E-state index is 6.54. The normalized spacial score (nSPS) is 16.5.